The van der Waals surface area contributed by atoms with Crippen LogP contribution < -0.4 is 14.2 Å². The Morgan fingerprint density at radius 3 is 1.01 bits per heavy atom. The van der Waals surface area contributed by atoms with E-state index in [0.29, 0.717) is 68.6 Å². The van der Waals surface area contributed by atoms with Crippen molar-refractivity contribution in [3.63, 3.8) is 0 Å². The molecule has 7 amide bonds. The molecule has 26 nitrogen and oxygen atoms in total. The van der Waals surface area contributed by atoms with Gasteiger partial charge >= 0.3 is 42.5 Å². The third-order valence-electron chi connectivity index (χ3n) is 22.1. The van der Waals surface area contributed by atoms with E-state index in [1.54, 1.807) is 73.3 Å². The molecule has 12 atom stereocenters. The minimum absolute atomic E-state index is 0.000144. The number of halogens is 3. The van der Waals surface area contributed by atoms with Crippen LogP contribution in [0.2, 0.25) is 0 Å². The molecule has 1 saturated carbocycles. The summed E-state index contributed by atoms with van der Waals surface area (Å²) in [6.07, 6.45) is 0.148. The molecular weight excluding hydrogens is 1580 g/mol. The normalized spacial score (nSPS) is 22.9. The van der Waals surface area contributed by atoms with Gasteiger partial charge in [-0.2, -0.15) is 0 Å². The molecule has 7 heterocycles. The number of likely N-dealkylation sites (tertiary alicyclic amines) is 7. The van der Waals surface area contributed by atoms with E-state index in [2.05, 4.69) is 0 Å². The first-order valence-electron chi connectivity index (χ1n) is 41.6. The molecule has 1 N–H and O–H groups in total. The predicted octanol–water partition coefficient (Wildman–Crippen LogP) is 15.7. The lowest BCUT2D eigenvalue weighted by atomic mass is 10.0. The monoisotopic (exact) mass is 1690 g/mol. The largest absolute Gasteiger partial charge is 0.488 e. The van der Waals surface area contributed by atoms with Crippen LogP contribution in [0.4, 0.5) is 41.9 Å². The molecule has 7 aromatic rings. The molecule has 7 aliphatic heterocycles. The number of carbonyl (C=O) groups excluding carboxylic acids is 8. The van der Waals surface area contributed by atoms with Crippen LogP contribution in [0.1, 0.15) is 136 Å². The summed E-state index contributed by atoms with van der Waals surface area (Å²) in [4.78, 5) is 113. The van der Waals surface area contributed by atoms with Crippen molar-refractivity contribution >= 4 is 48.4 Å². The number of benzene rings is 7. The number of esters is 1. The number of β-amino-alcohol motifs (C(OH)–C–C–N with tert-alkyl or cyclic N) is 1. The first-order chi connectivity index (χ1) is 58.3. The molecule has 1 aliphatic carbocycles. The van der Waals surface area contributed by atoms with Gasteiger partial charge < -0.3 is 72.1 Å². The van der Waals surface area contributed by atoms with Crippen LogP contribution >= 0.6 is 0 Å². The first kappa shape index (κ1) is 89.5. The van der Waals surface area contributed by atoms with Crippen molar-refractivity contribution in [2.24, 2.45) is 5.92 Å². The quantitative estimate of drug-likeness (QED) is 0.0655. The third kappa shape index (κ3) is 24.1. The van der Waals surface area contributed by atoms with Gasteiger partial charge in [0.2, 0.25) is 5.91 Å². The summed E-state index contributed by atoms with van der Waals surface area (Å²) in [6.45, 7) is 19.6. The van der Waals surface area contributed by atoms with E-state index in [1.807, 2.05) is 147 Å². The highest BCUT2D eigenvalue weighted by Crippen LogP contribution is 2.42. The Kier molecular flexibility index (Phi) is 29.6. The highest BCUT2D eigenvalue weighted by molar-refractivity contribution is 5.83. The van der Waals surface area contributed by atoms with Crippen molar-refractivity contribution in [1.29, 1.82) is 0 Å². The fourth-order valence-corrected chi connectivity index (χ4v) is 16.9. The van der Waals surface area contributed by atoms with Gasteiger partial charge in [-0.3, -0.25) is 24.3 Å². The molecule has 29 heteroatoms. The minimum atomic E-state index is -0.806. The van der Waals surface area contributed by atoms with Crippen molar-refractivity contribution in [2.45, 2.75) is 224 Å². The molecule has 0 radical (unpaired) electrons. The van der Waals surface area contributed by atoms with Crippen molar-refractivity contribution in [2.75, 3.05) is 45.8 Å². The average molecular weight is 1690 g/mol. The Morgan fingerprint density at radius 2 is 0.639 bits per heavy atom. The molecular formula is C93H110F3N7O19. The lowest BCUT2D eigenvalue weighted by Crippen LogP contribution is -2.47. The maximum atomic E-state index is 13.4. The topological polar surface area (TPSA) is 272 Å². The second kappa shape index (κ2) is 40.3. The minimum Gasteiger partial charge on any atom is -0.488 e. The molecule has 0 aromatic heterocycles. The molecule has 0 unspecified atom stereocenters. The maximum Gasteiger partial charge on any atom is 0.410 e. The first-order valence-corrected chi connectivity index (χ1v) is 41.6. The predicted molar refractivity (Wildman–Crippen MR) is 442 cm³/mol. The summed E-state index contributed by atoms with van der Waals surface area (Å²) in [5.41, 5.74) is 1.77. The number of carbonyl (C=O) groups is 8. The van der Waals surface area contributed by atoms with Gasteiger partial charge in [-0.15, -0.1) is 0 Å². The Morgan fingerprint density at radius 1 is 0.328 bits per heavy atom. The van der Waals surface area contributed by atoms with E-state index in [1.165, 1.54) is 70.5 Å². The van der Waals surface area contributed by atoms with Gasteiger partial charge in [0.25, 0.3) is 0 Å². The van der Waals surface area contributed by atoms with Gasteiger partial charge in [0.1, 0.15) is 96.2 Å². The summed E-state index contributed by atoms with van der Waals surface area (Å²) in [5, 5.41) is 10.4. The molecule has 15 rings (SSSR count). The number of hydrogen-bond donors (Lipinski definition) is 1. The summed E-state index contributed by atoms with van der Waals surface area (Å²) in [5.74, 6) is 0.323. The number of aliphatic hydroxyl groups excluding tert-OH is 1. The number of fused-ring (bicyclic) bond motifs is 4. The highest BCUT2D eigenvalue weighted by Gasteiger charge is 2.57. The number of nitrogens with zero attached hydrogens (tertiary/aromatic N) is 7. The Labute approximate surface area is 709 Å². The van der Waals surface area contributed by atoms with E-state index < -0.39 is 89.7 Å². The lowest BCUT2D eigenvalue weighted by molar-refractivity contribution is -0.156. The van der Waals surface area contributed by atoms with Gasteiger partial charge in [-0.05, 0) is 202 Å². The standard InChI is InChI=1S/C28H33FN2O6.C25H29FN2O5.C21H22FNO3.C19H26N2O5/c1-28(2,3)37-25(33)14-13-24(32)31-17-23(36-21-11-9-20(29)10-12-21)26-22(31)15-16-30(26)27(34)35-18-19-7-5-4-6-8-19;1-25(2,3)33-24(30)28-15-21(32-19-11-9-18(26)10-12-19)22-20(28)13-14-27(22)23(29)31-16-17-7-5-4-6-8-17;22-17-7-9-18(10-8-17)26-19-11-6-16-12-13-23(20(16)19)21(24)25-14-15-4-2-1-3-5-15;1-19(2,3)26-18(24)21-11-15(22)16-14(21)9-10-20(16)17(23)25-12-13-7-5-4-6-8-13/h4-12,22-23,26H,13-18H2,1-3H3;4-12,20-22H,13-16H2,1-3H3;1-5,7-10,16,19-20H,6,11-14H2;4-8,14-16,22H,9-12H2,1-3H3/t22-,23+,26+;20-,21+,22+;16-,19+,20+;14-,15-,16+/m1111/s1. The Bertz CT molecular complexity index is 4640. The third-order valence-corrected chi connectivity index (χ3v) is 22.1. The second-order valence-electron chi connectivity index (χ2n) is 34.4. The number of ether oxygens (including phenoxy) is 10. The smallest absolute Gasteiger partial charge is 0.410 e. The number of amides is 7. The Balaban J connectivity index is 0.000000150. The van der Waals surface area contributed by atoms with Crippen LogP contribution in [0, 0.1) is 23.4 Å². The summed E-state index contributed by atoms with van der Waals surface area (Å²) in [6, 6.07) is 53.3. The molecule has 7 aromatic carbocycles. The second-order valence-corrected chi connectivity index (χ2v) is 34.4. The van der Waals surface area contributed by atoms with E-state index in [9.17, 15) is 56.6 Å². The summed E-state index contributed by atoms with van der Waals surface area (Å²) >= 11 is 0. The zero-order valence-corrected chi connectivity index (χ0v) is 70.4. The highest BCUT2D eigenvalue weighted by atomic mass is 19.1. The van der Waals surface area contributed by atoms with Gasteiger partial charge in [0.05, 0.1) is 74.5 Å². The fraction of sp³-hybridized carbons (Fsp3) is 0.462. The van der Waals surface area contributed by atoms with Crippen molar-refractivity contribution in [3.05, 3.63) is 234 Å². The van der Waals surface area contributed by atoms with Gasteiger partial charge in [0.15, 0.2) is 0 Å². The molecule has 8 fully saturated rings. The number of hydrogen-bond acceptors (Lipinski definition) is 19. The molecule has 652 valence electrons. The van der Waals surface area contributed by atoms with E-state index in [4.69, 9.17) is 47.4 Å². The maximum absolute atomic E-state index is 13.4. The molecule has 7 saturated heterocycles. The van der Waals surface area contributed by atoms with Crippen LogP contribution in [0.3, 0.4) is 0 Å². The van der Waals surface area contributed by atoms with Gasteiger partial charge in [-0.25, -0.2) is 41.9 Å². The van der Waals surface area contributed by atoms with E-state index in [-0.39, 0.29) is 119 Å². The van der Waals surface area contributed by atoms with Crippen LogP contribution in [-0.2, 0) is 69.2 Å². The fourth-order valence-electron chi connectivity index (χ4n) is 16.9. The molecule has 8 aliphatic rings. The van der Waals surface area contributed by atoms with Crippen molar-refractivity contribution in [1.82, 2.24) is 34.3 Å². The summed E-state index contributed by atoms with van der Waals surface area (Å²) in [7, 11) is 0. The lowest BCUT2D eigenvalue weighted by Gasteiger charge is -2.29. The molecule has 0 bridgehead atoms. The zero-order valence-electron chi connectivity index (χ0n) is 70.4. The van der Waals surface area contributed by atoms with E-state index >= 15 is 0 Å². The Hall–Kier alpha value is -11.8. The van der Waals surface area contributed by atoms with Crippen LogP contribution in [0.25, 0.3) is 0 Å². The molecule has 122 heavy (non-hydrogen) atoms. The van der Waals surface area contributed by atoms with Crippen LogP contribution in [0.5, 0.6) is 17.2 Å². The molecule has 0 spiro atoms. The SMILES string of the molecule is CC(C)(C)OC(=O)CCC(=O)N1C[C@H](Oc2ccc(F)cc2)[C@@H]2[C@H]1CCN2C(=O)OCc1ccccc1.CC(C)(C)OC(=O)N1C[C@@H](O)[C@@H]2[C@H]1CCN2C(=O)OCc1ccccc1.CC(C)(C)OC(=O)N1C[C@H](Oc2ccc(F)cc2)[C@@H]2[C@H]1CCN2C(=O)OCc1ccccc1.O=C(OCc1ccccc1)N1CC[C@H]2CC[C@H](Oc3ccc(F)cc3)[C@H]21. The number of aliphatic hydroxyl groups is 1. The van der Waals surface area contributed by atoms with Crippen molar-refractivity contribution in [3.8, 4) is 17.2 Å². The van der Waals surface area contributed by atoms with Crippen LogP contribution in [0.15, 0.2) is 194 Å². The number of rotatable bonds is 17. The summed E-state index contributed by atoms with van der Waals surface area (Å²) < 4.78 is 96.6. The van der Waals surface area contributed by atoms with Gasteiger partial charge in [-0.1, -0.05) is 121 Å². The van der Waals surface area contributed by atoms with E-state index in [0.717, 1.165) is 41.5 Å². The zero-order chi connectivity index (χ0) is 87.0. The van der Waals surface area contributed by atoms with Gasteiger partial charge in [0, 0.05) is 32.6 Å². The van der Waals surface area contributed by atoms with Crippen LogP contribution in [-0.4, -0.2) is 217 Å². The average Bonchev–Trinajstić information content (AvgIpc) is 1.71. The van der Waals surface area contributed by atoms with Crippen molar-refractivity contribution < 1.29 is 104 Å².